The summed E-state index contributed by atoms with van der Waals surface area (Å²) in [6, 6.07) is 15.2. The number of ether oxygens (including phenoxy) is 2. The smallest absolute Gasteiger partial charge is 0.183 e. The highest BCUT2D eigenvalue weighted by atomic mass is 32.1. The topological polar surface area (TPSA) is 99.5 Å². The van der Waals surface area contributed by atoms with Crippen LogP contribution in [0.5, 0.6) is 11.5 Å². The van der Waals surface area contributed by atoms with Crippen LogP contribution in [0.3, 0.4) is 0 Å². The summed E-state index contributed by atoms with van der Waals surface area (Å²) >= 11 is 1.72. The molecule has 0 saturated heterocycles. The Bertz CT molecular complexity index is 1000. The summed E-state index contributed by atoms with van der Waals surface area (Å²) in [5.74, 6) is 1.59. The first-order valence-corrected chi connectivity index (χ1v) is 12.1. The maximum atomic E-state index is 8.75. The highest BCUT2D eigenvalue weighted by Crippen LogP contribution is 2.32. The molecule has 7 nitrogen and oxygen atoms in total. The number of hydroxylamine groups is 1. The number of aromatic nitrogens is 1. The van der Waals surface area contributed by atoms with Crippen molar-refractivity contribution >= 4 is 22.3 Å². The van der Waals surface area contributed by atoms with Gasteiger partial charge in [-0.3, -0.25) is 16.1 Å². The van der Waals surface area contributed by atoms with Crippen LogP contribution in [0.1, 0.15) is 43.6 Å². The van der Waals surface area contributed by atoms with Gasteiger partial charge in [0.1, 0.15) is 17.3 Å². The Morgan fingerprint density at radius 1 is 0.939 bits per heavy atom. The molecule has 2 aromatic carbocycles. The first-order chi connectivity index (χ1) is 16.1. The lowest BCUT2D eigenvalue weighted by molar-refractivity contribution is 0.234. The quantitative estimate of drug-likeness (QED) is 0.111. The zero-order valence-corrected chi connectivity index (χ0v) is 20.0. The molecule has 176 valence electrons. The van der Waals surface area contributed by atoms with Crippen LogP contribution in [0, 0.1) is 5.41 Å². The second kappa shape index (κ2) is 12.8. The molecule has 0 spiro atoms. The van der Waals surface area contributed by atoms with Crippen molar-refractivity contribution in [2.75, 3.05) is 25.1 Å². The van der Waals surface area contributed by atoms with Gasteiger partial charge < -0.3 is 14.8 Å². The molecule has 8 heteroatoms. The number of rotatable bonds is 13. The van der Waals surface area contributed by atoms with E-state index in [9.17, 15) is 0 Å². The molecule has 0 unspecified atom stereocenters. The van der Waals surface area contributed by atoms with Gasteiger partial charge in [0.2, 0.25) is 0 Å². The minimum Gasteiger partial charge on any atom is -0.494 e. The number of aryl methyl sites for hydroxylation is 1. The van der Waals surface area contributed by atoms with Crippen molar-refractivity contribution in [1.82, 2.24) is 10.5 Å². The predicted octanol–water partition coefficient (Wildman–Crippen LogP) is 5.74. The van der Waals surface area contributed by atoms with Crippen molar-refractivity contribution in [2.45, 2.75) is 39.5 Å². The van der Waals surface area contributed by atoms with Crippen LogP contribution >= 0.6 is 11.3 Å². The summed E-state index contributed by atoms with van der Waals surface area (Å²) in [6.07, 6.45) is 3.88. The van der Waals surface area contributed by atoms with E-state index in [-0.39, 0.29) is 5.84 Å². The Morgan fingerprint density at radius 2 is 1.55 bits per heavy atom. The molecule has 0 amide bonds. The predicted molar refractivity (Wildman–Crippen MR) is 134 cm³/mol. The maximum Gasteiger partial charge on any atom is 0.183 e. The fourth-order valence-electron chi connectivity index (χ4n) is 3.30. The van der Waals surface area contributed by atoms with Gasteiger partial charge in [0.25, 0.3) is 0 Å². The first kappa shape index (κ1) is 24.5. The molecule has 1 aromatic heterocycles. The highest BCUT2D eigenvalue weighted by Gasteiger charge is 2.11. The third kappa shape index (κ3) is 7.20. The number of thiazole rings is 1. The molecule has 3 aromatic rings. The number of nitrogens with one attached hydrogen (secondary N) is 3. The lowest BCUT2D eigenvalue weighted by atomic mass is 10.1. The van der Waals surface area contributed by atoms with E-state index in [4.69, 9.17) is 25.1 Å². The van der Waals surface area contributed by atoms with E-state index in [1.54, 1.807) is 35.6 Å². The Balaban J connectivity index is 1.35. The van der Waals surface area contributed by atoms with E-state index in [0.29, 0.717) is 18.8 Å². The summed E-state index contributed by atoms with van der Waals surface area (Å²) < 4.78 is 11.6. The highest BCUT2D eigenvalue weighted by molar-refractivity contribution is 7.16. The largest absolute Gasteiger partial charge is 0.494 e. The molecule has 4 N–H and O–H groups in total. The van der Waals surface area contributed by atoms with E-state index >= 15 is 0 Å². The molecular formula is C25H32N4O3S. The van der Waals surface area contributed by atoms with Gasteiger partial charge in [-0.1, -0.05) is 6.92 Å². The minimum absolute atomic E-state index is 0.0385. The molecule has 0 fully saturated rings. The van der Waals surface area contributed by atoms with Crippen molar-refractivity contribution in [3.05, 3.63) is 59.0 Å². The molecule has 0 atom stereocenters. The summed E-state index contributed by atoms with van der Waals surface area (Å²) in [4.78, 5) is 6.04. The fourth-order valence-corrected chi connectivity index (χ4v) is 4.29. The van der Waals surface area contributed by atoms with Crippen LogP contribution in [0.25, 0.3) is 11.3 Å². The fraction of sp³-hybridized carbons (Fsp3) is 0.360. The maximum absolute atomic E-state index is 8.75. The van der Waals surface area contributed by atoms with E-state index < -0.39 is 0 Å². The lowest BCUT2D eigenvalue weighted by Gasteiger charge is -2.09. The monoisotopic (exact) mass is 468 g/mol. The normalized spacial score (nSPS) is 10.6. The SMILES string of the molecule is CCNc1nc(-c2ccc(OCCCCCOc3ccc(C(=N)NO)cc3)cc2)c(CC)s1. The third-order valence-corrected chi connectivity index (χ3v) is 6.21. The van der Waals surface area contributed by atoms with E-state index in [1.807, 2.05) is 17.6 Å². The van der Waals surface area contributed by atoms with Crippen LogP contribution in [0.4, 0.5) is 5.13 Å². The molecule has 0 radical (unpaired) electrons. The number of hydrogen-bond donors (Lipinski definition) is 4. The van der Waals surface area contributed by atoms with Crippen LogP contribution in [0.2, 0.25) is 0 Å². The van der Waals surface area contributed by atoms with Gasteiger partial charge in [0, 0.05) is 22.5 Å². The Morgan fingerprint density at radius 3 is 2.09 bits per heavy atom. The van der Waals surface area contributed by atoms with Crippen molar-refractivity contribution in [3.63, 3.8) is 0 Å². The number of nitrogens with zero attached hydrogens (tertiary/aromatic N) is 1. The van der Waals surface area contributed by atoms with Crippen LogP contribution < -0.4 is 20.3 Å². The molecule has 0 saturated carbocycles. The number of hydrogen-bond acceptors (Lipinski definition) is 7. The number of anilines is 1. The van der Waals surface area contributed by atoms with E-state index in [1.165, 1.54) is 4.88 Å². The summed E-state index contributed by atoms with van der Waals surface area (Å²) in [5.41, 5.74) is 4.61. The second-order valence-electron chi connectivity index (χ2n) is 7.47. The number of benzene rings is 2. The molecule has 0 aliphatic heterocycles. The number of unbranched alkanes of at least 4 members (excludes halogenated alkanes) is 2. The van der Waals surface area contributed by atoms with Crippen molar-refractivity contribution in [2.24, 2.45) is 0 Å². The van der Waals surface area contributed by atoms with Gasteiger partial charge in [0.15, 0.2) is 5.13 Å². The molecule has 3 rings (SSSR count). The lowest BCUT2D eigenvalue weighted by Crippen LogP contribution is -2.18. The Kier molecular flexibility index (Phi) is 9.53. The Labute approximate surface area is 199 Å². The van der Waals surface area contributed by atoms with Gasteiger partial charge in [-0.15, -0.1) is 11.3 Å². The molecule has 0 aliphatic carbocycles. The average molecular weight is 469 g/mol. The zero-order valence-electron chi connectivity index (χ0n) is 19.2. The average Bonchev–Trinajstić information content (AvgIpc) is 3.27. The first-order valence-electron chi connectivity index (χ1n) is 11.3. The van der Waals surface area contributed by atoms with E-state index in [0.717, 1.165) is 60.1 Å². The van der Waals surface area contributed by atoms with Gasteiger partial charge >= 0.3 is 0 Å². The van der Waals surface area contributed by atoms with Gasteiger partial charge in [-0.25, -0.2) is 4.98 Å². The number of amidine groups is 1. The zero-order chi connectivity index (χ0) is 23.5. The van der Waals surface area contributed by atoms with Crippen LogP contribution in [-0.4, -0.2) is 35.8 Å². The molecule has 0 bridgehead atoms. The van der Waals surface area contributed by atoms with Crippen molar-refractivity contribution in [3.8, 4) is 22.8 Å². The van der Waals surface area contributed by atoms with Crippen LogP contribution in [0.15, 0.2) is 48.5 Å². The van der Waals surface area contributed by atoms with Gasteiger partial charge in [-0.05, 0) is 81.1 Å². The molecule has 33 heavy (non-hydrogen) atoms. The minimum atomic E-state index is -0.0385. The summed E-state index contributed by atoms with van der Waals surface area (Å²) in [7, 11) is 0. The molecular weight excluding hydrogens is 436 g/mol. The summed E-state index contributed by atoms with van der Waals surface area (Å²) in [6.45, 7) is 6.42. The molecule has 1 heterocycles. The van der Waals surface area contributed by atoms with Gasteiger partial charge in [0.05, 0.1) is 18.9 Å². The molecule has 0 aliphatic rings. The summed E-state index contributed by atoms with van der Waals surface area (Å²) in [5, 5.41) is 20.5. The van der Waals surface area contributed by atoms with E-state index in [2.05, 4.69) is 31.3 Å². The van der Waals surface area contributed by atoms with Crippen molar-refractivity contribution < 1.29 is 14.7 Å². The Hall–Kier alpha value is -3.10. The van der Waals surface area contributed by atoms with Gasteiger partial charge in [-0.2, -0.15) is 0 Å². The van der Waals surface area contributed by atoms with Crippen molar-refractivity contribution in [1.29, 1.82) is 5.41 Å². The van der Waals surface area contributed by atoms with Crippen LogP contribution in [-0.2, 0) is 6.42 Å². The third-order valence-electron chi connectivity index (χ3n) is 5.06. The standard InChI is InChI=1S/C25H32N4O3S/c1-3-22-23(28-25(33-22)27-4-2)18-8-12-20(13-9-18)31-16-6-5-7-17-32-21-14-10-19(11-15-21)24(26)29-30/h8-15,30H,3-7,16-17H2,1-2H3,(H2,26,29)(H,27,28). The second-order valence-corrected chi connectivity index (χ2v) is 8.55.